The number of aromatic nitrogens is 1. The van der Waals surface area contributed by atoms with Gasteiger partial charge in [-0.05, 0) is 50.1 Å². The molecule has 2 heterocycles. The molecule has 1 saturated heterocycles. The number of hydrogen-bond donors (Lipinski definition) is 1. The Balaban J connectivity index is 1.96. The summed E-state index contributed by atoms with van der Waals surface area (Å²) in [5, 5.41) is 3.64. The lowest BCUT2D eigenvalue weighted by molar-refractivity contribution is -0.129. The molecule has 1 atom stereocenters. The maximum Gasteiger partial charge on any atom is 0.219 e. The molecule has 1 aliphatic rings. The van der Waals surface area contributed by atoms with Crippen molar-refractivity contribution >= 4 is 11.7 Å². The monoisotopic (exact) mass is 370 g/mol. The fourth-order valence-electron chi connectivity index (χ4n) is 2.98. The topological polar surface area (TPSA) is 48.5 Å². The van der Waals surface area contributed by atoms with E-state index in [2.05, 4.69) is 73.8 Å². The Kier molecular flexibility index (Phi) is 7.23. The Hall–Kier alpha value is -2.10. The standard InChI is InChI=1S/C22H34N4O/c1-17(2)7-9-22(5,6)18(3)24-16-20-8-10-23-21(15-20)26-13-11-25(12-14-26)19(4)27/h8-10,15,18,24H,11-14,16H2,1-6H3. The van der Waals surface area contributed by atoms with Crippen molar-refractivity contribution in [2.24, 2.45) is 5.41 Å². The van der Waals surface area contributed by atoms with Crippen LogP contribution in [0.1, 0.15) is 47.1 Å². The molecule has 0 bridgehead atoms. The lowest BCUT2D eigenvalue weighted by Crippen LogP contribution is -2.48. The highest BCUT2D eigenvalue weighted by molar-refractivity contribution is 5.73. The van der Waals surface area contributed by atoms with Crippen molar-refractivity contribution in [3.8, 4) is 0 Å². The van der Waals surface area contributed by atoms with Crippen LogP contribution in [0.4, 0.5) is 5.82 Å². The number of anilines is 1. The van der Waals surface area contributed by atoms with E-state index < -0.39 is 0 Å². The van der Waals surface area contributed by atoms with Gasteiger partial charge < -0.3 is 15.1 Å². The SMILES string of the molecule is CC(=O)N1CCN(c2cc(CNC(C)C(C)(C)C=C=C(C)C)ccn2)CC1. The Morgan fingerprint density at radius 1 is 1.30 bits per heavy atom. The third-order valence-corrected chi connectivity index (χ3v) is 5.32. The van der Waals surface area contributed by atoms with Crippen LogP contribution in [0.25, 0.3) is 0 Å². The zero-order valence-corrected chi connectivity index (χ0v) is 17.7. The molecule has 1 fully saturated rings. The van der Waals surface area contributed by atoms with Crippen molar-refractivity contribution < 1.29 is 4.79 Å². The summed E-state index contributed by atoms with van der Waals surface area (Å²) < 4.78 is 0. The highest BCUT2D eigenvalue weighted by Crippen LogP contribution is 2.23. The van der Waals surface area contributed by atoms with Crippen LogP contribution in [0.15, 0.2) is 35.7 Å². The third-order valence-electron chi connectivity index (χ3n) is 5.32. The van der Waals surface area contributed by atoms with E-state index in [1.807, 2.05) is 11.1 Å². The van der Waals surface area contributed by atoms with Crippen LogP contribution in [0, 0.1) is 5.41 Å². The zero-order valence-electron chi connectivity index (χ0n) is 17.7. The average Bonchev–Trinajstić information content (AvgIpc) is 2.64. The number of amides is 1. The van der Waals surface area contributed by atoms with Crippen molar-refractivity contribution in [1.82, 2.24) is 15.2 Å². The van der Waals surface area contributed by atoms with Gasteiger partial charge in [-0.15, -0.1) is 5.73 Å². The summed E-state index contributed by atoms with van der Waals surface area (Å²) in [4.78, 5) is 20.2. The maximum atomic E-state index is 11.5. The summed E-state index contributed by atoms with van der Waals surface area (Å²) >= 11 is 0. The van der Waals surface area contributed by atoms with Crippen molar-refractivity contribution in [2.45, 2.75) is 54.1 Å². The largest absolute Gasteiger partial charge is 0.353 e. The first kappa shape index (κ1) is 21.2. The lowest BCUT2D eigenvalue weighted by Gasteiger charge is -2.35. The molecule has 0 radical (unpaired) electrons. The van der Waals surface area contributed by atoms with Crippen LogP contribution in [-0.4, -0.2) is 48.0 Å². The summed E-state index contributed by atoms with van der Waals surface area (Å²) in [6, 6.07) is 4.54. The highest BCUT2D eigenvalue weighted by Gasteiger charge is 2.23. The number of nitrogens with one attached hydrogen (secondary N) is 1. The van der Waals surface area contributed by atoms with Crippen LogP contribution >= 0.6 is 0 Å². The third kappa shape index (κ3) is 6.23. The van der Waals surface area contributed by atoms with Gasteiger partial charge >= 0.3 is 0 Å². The van der Waals surface area contributed by atoms with E-state index in [0.717, 1.165) is 38.5 Å². The van der Waals surface area contributed by atoms with E-state index in [9.17, 15) is 4.79 Å². The second kappa shape index (κ2) is 9.20. The smallest absolute Gasteiger partial charge is 0.219 e. The van der Waals surface area contributed by atoms with Crippen molar-refractivity contribution in [3.63, 3.8) is 0 Å². The first-order valence-corrected chi connectivity index (χ1v) is 9.79. The summed E-state index contributed by atoms with van der Waals surface area (Å²) in [7, 11) is 0. The zero-order chi connectivity index (χ0) is 20.0. The van der Waals surface area contributed by atoms with Crippen LogP contribution < -0.4 is 10.2 Å². The molecule has 1 unspecified atom stereocenters. The minimum atomic E-state index is 0.0240. The van der Waals surface area contributed by atoms with Crippen LogP contribution in [0.5, 0.6) is 0 Å². The van der Waals surface area contributed by atoms with Crippen LogP contribution in [0.3, 0.4) is 0 Å². The number of piperazine rings is 1. The summed E-state index contributed by atoms with van der Waals surface area (Å²) in [6.07, 6.45) is 4.04. The van der Waals surface area contributed by atoms with Gasteiger partial charge in [-0.25, -0.2) is 4.98 Å². The van der Waals surface area contributed by atoms with Gasteiger partial charge in [-0.2, -0.15) is 0 Å². The molecule has 0 aromatic carbocycles. The molecule has 27 heavy (non-hydrogen) atoms. The number of rotatable bonds is 6. The summed E-state index contributed by atoms with van der Waals surface area (Å²) in [5.74, 6) is 1.15. The van der Waals surface area contributed by atoms with Gasteiger partial charge in [-0.3, -0.25) is 4.79 Å². The molecule has 0 aliphatic carbocycles. The maximum absolute atomic E-state index is 11.5. The number of carbonyl (C=O) groups excluding carboxylic acids is 1. The van der Waals surface area contributed by atoms with Gasteiger partial charge in [0.05, 0.1) is 0 Å². The van der Waals surface area contributed by atoms with Gasteiger partial charge in [0.2, 0.25) is 5.91 Å². The molecule has 1 N–H and O–H groups in total. The van der Waals surface area contributed by atoms with Gasteiger partial charge in [-0.1, -0.05) is 13.8 Å². The van der Waals surface area contributed by atoms with Gasteiger partial charge in [0.1, 0.15) is 5.82 Å². The van der Waals surface area contributed by atoms with Crippen LogP contribution in [0.2, 0.25) is 0 Å². The fraction of sp³-hybridized carbons (Fsp3) is 0.591. The molecule has 0 spiro atoms. The van der Waals surface area contributed by atoms with Crippen molar-refractivity contribution in [2.75, 3.05) is 31.1 Å². The van der Waals surface area contributed by atoms with E-state index in [1.54, 1.807) is 6.92 Å². The molecule has 5 nitrogen and oxygen atoms in total. The second-order valence-corrected chi connectivity index (χ2v) is 8.23. The second-order valence-electron chi connectivity index (χ2n) is 8.23. The highest BCUT2D eigenvalue weighted by atomic mass is 16.2. The quantitative estimate of drug-likeness (QED) is 0.780. The van der Waals surface area contributed by atoms with Gasteiger partial charge in [0, 0.05) is 57.3 Å². The number of hydrogen-bond acceptors (Lipinski definition) is 4. The minimum Gasteiger partial charge on any atom is -0.353 e. The molecule has 5 heteroatoms. The molecular weight excluding hydrogens is 336 g/mol. The molecule has 2 rings (SSSR count). The number of carbonyl (C=O) groups is 1. The first-order chi connectivity index (χ1) is 12.7. The normalized spacial score (nSPS) is 15.9. The Morgan fingerprint density at radius 2 is 1.96 bits per heavy atom. The van der Waals surface area contributed by atoms with E-state index >= 15 is 0 Å². The molecule has 0 saturated carbocycles. The van der Waals surface area contributed by atoms with Gasteiger partial charge in [0.15, 0.2) is 0 Å². The molecule has 1 aliphatic heterocycles. The Bertz CT molecular complexity index is 707. The minimum absolute atomic E-state index is 0.0240. The predicted octanol–water partition coefficient (Wildman–Crippen LogP) is 3.38. The van der Waals surface area contributed by atoms with Crippen molar-refractivity contribution in [1.29, 1.82) is 0 Å². The molecule has 1 aromatic heterocycles. The van der Waals surface area contributed by atoms with E-state index in [0.29, 0.717) is 6.04 Å². The average molecular weight is 371 g/mol. The summed E-state index contributed by atoms with van der Waals surface area (Å²) in [6.45, 7) is 16.4. The van der Waals surface area contributed by atoms with Crippen LogP contribution in [-0.2, 0) is 11.3 Å². The van der Waals surface area contributed by atoms with E-state index in [1.165, 1.54) is 11.1 Å². The predicted molar refractivity (Wildman–Crippen MR) is 112 cm³/mol. The van der Waals surface area contributed by atoms with E-state index in [4.69, 9.17) is 0 Å². The van der Waals surface area contributed by atoms with Gasteiger partial charge in [0.25, 0.3) is 0 Å². The lowest BCUT2D eigenvalue weighted by atomic mass is 9.85. The molecular formula is C22H34N4O. The first-order valence-electron chi connectivity index (χ1n) is 9.79. The Labute approximate surface area is 164 Å². The number of nitrogens with zero attached hydrogens (tertiary/aromatic N) is 3. The molecule has 1 aromatic rings. The summed E-state index contributed by atoms with van der Waals surface area (Å²) in [5.41, 5.74) is 5.78. The Morgan fingerprint density at radius 3 is 2.56 bits per heavy atom. The van der Waals surface area contributed by atoms with Crippen molar-refractivity contribution in [3.05, 3.63) is 41.3 Å². The number of pyridine rings is 1. The molecule has 1 amide bonds. The molecule has 148 valence electrons. The van der Waals surface area contributed by atoms with E-state index in [-0.39, 0.29) is 11.3 Å². The fourth-order valence-corrected chi connectivity index (χ4v) is 2.98.